The molecular formula is C12H13F2N3S. The predicted octanol–water partition coefficient (Wildman–Crippen LogP) is 2.64. The van der Waals surface area contributed by atoms with Crippen LogP contribution in [0, 0.1) is 11.6 Å². The monoisotopic (exact) mass is 269 g/mol. The fraction of sp³-hybridized carbons (Fsp3) is 0.250. The van der Waals surface area contributed by atoms with Crippen molar-refractivity contribution < 1.29 is 8.78 Å². The minimum Gasteiger partial charge on any atom is -0.375 e. The molecule has 0 unspecified atom stereocenters. The molecule has 0 bridgehead atoms. The number of hydrogen-bond donors (Lipinski definition) is 1. The number of nitrogen functional groups attached to an aromatic ring is 1. The molecule has 1 heterocycles. The summed E-state index contributed by atoms with van der Waals surface area (Å²) >= 11 is 1.40. The normalized spacial score (nSPS) is 11.1. The zero-order valence-corrected chi connectivity index (χ0v) is 10.7. The summed E-state index contributed by atoms with van der Waals surface area (Å²) in [6, 6.07) is 3.62. The van der Waals surface area contributed by atoms with E-state index in [4.69, 9.17) is 5.73 Å². The highest BCUT2D eigenvalue weighted by atomic mass is 32.1. The van der Waals surface area contributed by atoms with Gasteiger partial charge in [0.25, 0.3) is 0 Å². The molecule has 2 rings (SSSR count). The third-order valence-electron chi connectivity index (χ3n) is 2.45. The molecule has 0 aliphatic rings. The summed E-state index contributed by atoms with van der Waals surface area (Å²) in [6.45, 7) is 1.04. The molecule has 1 aromatic carbocycles. The number of nitrogens with zero attached hydrogens (tertiary/aromatic N) is 2. The standard InChI is InChI=1S/C12H13F2N3S/c1-17(7-10-5-16-12(15)18-10)6-8-2-3-9(13)4-11(8)14/h2-5H,6-7H2,1H3,(H2,15,16). The molecule has 0 saturated heterocycles. The molecule has 18 heavy (non-hydrogen) atoms. The van der Waals surface area contributed by atoms with Crippen molar-refractivity contribution in [3.63, 3.8) is 0 Å². The molecule has 2 aromatic rings. The smallest absolute Gasteiger partial charge is 0.180 e. The second-order valence-electron chi connectivity index (χ2n) is 4.07. The number of halogens is 2. The van der Waals surface area contributed by atoms with Crippen molar-refractivity contribution >= 4 is 16.5 Å². The third-order valence-corrected chi connectivity index (χ3v) is 3.26. The van der Waals surface area contributed by atoms with Crippen LogP contribution in [0.4, 0.5) is 13.9 Å². The number of rotatable bonds is 4. The quantitative estimate of drug-likeness (QED) is 0.927. The average Bonchev–Trinajstić information content (AvgIpc) is 2.68. The molecule has 0 saturated carbocycles. The van der Waals surface area contributed by atoms with Gasteiger partial charge in [-0.2, -0.15) is 0 Å². The van der Waals surface area contributed by atoms with Gasteiger partial charge in [-0.1, -0.05) is 6.07 Å². The fourth-order valence-electron chi connectivity index (χ4n) is 1.66. The Balaban J connectivity index is 2.00. The van der Waals surface area contributed by atoms with E-state index >= 15 is 0 Å². The number of hydrogen-bond acceptors (Lipinski definition) is 4. The third kappa shape index (κ3) is 3.24. The van der Waals surface area contributed by atoms with Gasteiger partial charge in [-0.25, -0.2) is 13.8 Å². The van der Waals surface area contributed by atoms with Gasteiger partial charge in [0.15, 0.2) is 5.13 Å². The zero-order chi connectivity index (χ0) is 13.1. The van der Waals surface area contributed by atoms with E-state index in [0.717, 1.165) is 10.9 Å². The molecule has 0 radical (unpaired) electrons. The lowest BCUT2D eigenvalue weighted by Crippen LogP contribution is -2.17. The van der Waals surface area contributed by atoms with Crippen LogP contribution >= 0.6 is 11.3 Å². The van der Waals surface area contributed by atoms with Crippen molar-refractivity contribution in [2.24, 2.45) is 0 Å². The van der Waals surface area contributed by atoms with Gasteiger partial charge in [-0.15, -0.1) is 11.3 Å². The van der Waals surface area contributed by atoms with Crippen molar-refractivity contribution in [2.75, 3.05) is 12.8 Å². The van der Waals surface area contributed by atoms with E-state index in [9.17, 15) is 8.78 Å². The van der Waals surface area contributed by atoms with Crippen molar-refractivity contribution in [3.8, 4) is 0 Å². The Labute approximate surface area is 108 Å². The second-order valence-corrected chi connectivity index (χ2v) is 5.22. The van der Waals surface area contributed by atoms with Crippen molar-refractivity contribution in [1.82, 2.24) is 9.88 Å². The van der Waals surface area contributed by atoms with Gasteiger partial charge in [0.1, 0.15) is 11.6 Å². The van der Waals surface area contributed by atoms with Crippen LogP contribution in [0.3, 0.4) is 0 Å². The highest BCUT2D eigenvalue weighted by Gasteiger charge is 2.08. The fourth-order valence-corrected chi connectivity index (χ4v) is 2.42. The van der Waals surface area contributed by atoms with Crippen LogP contribution in [0.5, 0.6) is 0 Å². The van der Waals surface area contributed by atoms with Gasteiger partial charge in [0.2, 0.25) is 0 Å². The van der Waals surface area contributed by atoms with Crippen LogP contribution in [-0.4, -0.2) is 16.9 Å². The molecule has 2 N–H and O–H groups in total. The van der Waals surface area contributed by atoms with Gasteiger partial charge in [0.05, 0.1) is 0 Å². The van der Waals surface area contributed by atoms with Crippen LogP contribution in [0.2, 0.25) is 0 Å². The Hall–Kier alpha value is -1.53. The number of nitrogens with two attached hydrogens (primary N) is 1. The summed E-state index contributed by atoms with van der Waals surface area (Å²) < 4.78 is 26.2. The molecule has 0 aliphatic carbocycles. The zero-order valence-electron chi connectivity index (χ0n) is 9.86. The summed E-state index contributed by atoms with van der Waals surface area (Å²) in [5.41, 5.74) is 6.00. The van der Waals surface area contributed by atoms with Crippen LogP contribution in [0.1, 0.15) is 10.4 Å². The first kappa shape index (κ1) is 12.9. The molecule has 96 valence electrons. The number of aromatic nitrogens is 1. The molecule has 1 aromatic heterocycles. The van der Waals surface area contributed by atoms with E-state index in [0.29, 0.717) is 23.8 Å². The Morgan fingerprint density at radius 3 is 2.72 bits per heavy atom. The minimum absolute atomic E-state index is 0.407. The first-order chi connectivity index (χ1) is 8.54. The van der Waals surface area contributed by atoms with Crippen molar-refractivity contribution in [1.29, 1.82) is 0 Å². The largest absolute Gasteiger partial charge is 0.375 e. The van der Waals surface area contributed by atoms with Crippen LogP contribution in [0.25, 0.3) is 0 Å². The van der Waals surface area contributed by atoms with Gasteiger partial charge < -0.3 is 5.73 Å². The molecule has 0 amide bonds. The lowest BCUT2D eigenvalue weighted by molar-refractivity contribution is 0.316. The van der Waals surface area contributed by atoms with E-state index in [-0.39, 0.29) is 0 Å². The van der Waals surface area contributed by atoms with E-state index in [1.54, 1.807) is 6.20 Å². The van der Waals surface area contributed by atoms with E-state index < -0.39 is 11.6 Å². The maximum absolute atomic E-state index is 13.5. The molecule has 0 fully saturated rings. The molecule has 0 aliphatic heterocycles. The van der Waals surface area contributed by atoms with E-state index in [2.05, 4.69) is 4.98 Å². The Morgan fingerprint density at radius 1 is 1.33 bits per heavy atom. The van der Waals surface area contributed by atoms with Gasteiger partial charge >= 0.3 is 0 Å². The second kappa shape index (κ2) is 5.41. The molecule has 0 spiro atoms. The van der Waals surface area contributed by atoms with Crippen LogP contribution in [-0.2, 0) is 13.1 Å². The SMILES string of the molecule is CN(Cc1cnc(N)s1)Cc1ccc(F)cc1F. The molecular weight excluding hydrogens is 256 g/mol. The summed E-state index contributed by atoms with van der Waals surface area (Å²) in [5, 5.41) is 0.520. The Morgan fingerprint density at radius 2 is 2.11 bits per heavy atom. The predicted molar refractivity (Wildman–Crippen MR) is 68.1 cm³/mol. The van der Waals surface area contributed by atoms with Crippen molar-refractivity contribution in [3.05, 3.63) is 46.5 Å². The molecule has 0 atom stereocenters. The minimum atomic E-state index is -0.561. The van der Waals surface area contributed by atoms with Gasteiger partial charge in [-0.05, 0) is 13.1 Å². The average molecular weight is 269 g/mol. The highest BCUT2D eigenvalue weighted by Crippen LogP contribution is 2.18. The lowest BCUT2D eigenvalue weighted by atomic mass is 10.2. The summed E-state index contributed by atoms with van der Waals surface area (Å²) in [4.78, 5) is 6.88. The first-order valence-electron chi connectivity index (χ1n) is 5.37. The number of thiazole rings is 1. The maximum atomic E-state index is 13.5. The van der Waals surface area contributed by atoms with Crippen molar-refractivity contribution in [2.45, 2.75) is 13.1 Å². The maximum Gasteiger partial charge on any atom is 0.180 e. The summed E-state index contributed by atoms with van der Waals surface area (Å²) in [6.07, 6.45) is 1.71. The highest BCUT2D eigenvalue weighted by molar-refractivity contribution is 7.15. The lowest BCUT2D eigenvalue weighted by Gasteiger charge is -2.15. The topological polar surface area (TPSA) is 42.2 Å². The molecule has 6 heteroatoms. The Kier molecular flexibility index (Phi) is 3.88. The first-order valence-corrected chi connectivity index (χ1v) is 6.19. The van der Waals surface area contributed by atoms with E-state index in [1.807, 2.05) is 11.9 Å². The summed E-state index contributed by atoms with van der Waals surface area (Å²) in [7, 11) is 1.86. The Bertz CT molecular complexity index is 542. The summed E-state index contributed by atoms with van der Waals surface area (Å²) in [5.74, 6) is -1.08. The molecule has 3 nitrogen and oxygen atoms in total. The van der Waals surface area contributed by atoms with E-state index in [1.165, 1.54) is 23.5 Å². The van der Waals surface area contributed by atoms with Crippen LogP contribution in [0.15, 0.2) is 24.4 Å². The van der Waals surface area contributed by atoms with Crippen LogP contribution < -0.4 is 5.73 Å². The number of anilines is 1. The van der Waals surface area contributed by atoms with Gasteiger partial charge in [0, 0.05) is 35.8 Å². The van der Waals surface area contributed by atoms with Gasteiger partial charge in [-0.3, -0.25) is 4.90 Å². The number of benzene rings is 1.